The predicted molar refractivity (Wildman–Crippen MR) is 60.6 cm³/mol. The van der Waals surface area contributed by atoms with Crippen molar-refractivity contribution in [2.75, 3.05) is 0 Å². The Balaban J connectivity index is 2.11. The highest BCUT2D eigenvalue weighted by molar-refractivity contribution is 5.72. The standard InChI is InChI=1S/C11H11N5O/c1-8(17)12-6-9-2-4-10(5-3-9)11-15-13-7-14-16-11/h2-5,7H,6H2,1H3,(H,12,17). The summed E-state index contributed by atoms with van der Waals surface area (Å²) in [6.07, 6.45) is 1.29. The minimum absolute atomic E-state index is 0.0473. The Kier molecular flexibility index (Phi) is 3.34. The van der Waals surface area contributed by atoms with Crippen LogP contribution < -0.4 is 5.32 Å². The van der Waals surface area contributed by atoms with Gasteiger partial charge in [-0.1, -0.05) is 24.3 Å². The number of carbonyl (C=O) groups excluding carboxylic acids is 1. The molecule has 0 unspecified atom stereocenters. The van der Waals surface area contributed by atoms with Crippen LogP contribution in [-0.2, 0) is 11.3 Å². The molecule has 0 atom stereocenters. The fraction of sp³-hybridized carbons (Fsp3) is 0.182. The molecule has 0 saturated carbocycles. The van der Waals surface area contributed by atoms with Crippen LogP contribution in [0.3, 0.4) is 0 Å². The molecule has 86 valence electrons. The summed E-state index contributed by atoms with van der Waals surface area (Å²) in [6, 6.07) is 7.55. The lowest BCUT2D eigenvalue weighted by molar-refractivity contribution is -0.119. The second-order valence-corrected chi connectivity index (χ2v) is 3.48. The molecular weight excluding hydrogens is 218 g/mol. The largest absolute Gasteiger partial charge is 0.352 e. The molecule has 1 N–H and O–H groups in total. The van der Waals surface area contributed by atoms with Crippen LogP contribution in [0, 0.1) is 0 Å². The van der Waals surface area contributed by atoms with E-state index < -0.39 is 0 Å². The Bertz CT molecular complexity index is 497. The van der Waals surface area contributed by atoms with Gasteiger partial charge in [0.05, 0.1) is 0 Å². The molecule has 0 saturated heterocycles. The van der Waals surface area contributed by atoms with E-state index in [0.29, 0.717) is 12.4 Å². The Morgan fingerprint density at radius 2 is 1.82 bits per heavy atom. The number of carbonyl (C=O) groups is 1. The van der Waals surface area contributed by atoms with E-state index in [4.69, 9.17) is 0 Å². The van der Waals surface area contributed by atoms with Crippen LogP contribution in [0.4, 0.5) is 0 Å². The lowest BCUT2D eigenvalue weighted by atomic mass is 10.1. The Morgan fingerprint density at radius 3 is 2.41 bits per heavy atom. The molecule has 0 fully saturated rings. The van der Waals surface area contributed by atoms with Crippen molar-refractivity contribution < 1.29 is 4.79 Å². The molecule has 1 aromatic heterocycles. The quantitative estimate of drug-likeness (QED) is 0.832. The molecule has 0 aliphatic rings. The number of amides is 1. The average molecular weight is 229 g/mol. The number of nitrogens with one attached hydrogen (secondary N) is 1. The highest BCUT2D eigenvalue weighted by atomic mass is 16.1. The van der Waals surface area contributed by atoms with Gasteiger partial charge in [0.25, 0.3) is 0 Å². The molecule has 0 aliphatic carbocycles. The van der Waals surface area contributed by atoms with E-state index in [1.54, 1.807) is 0 Å². The van der Waals surface area contributed by atoms with E-state index in [0.717, 1.165) is 11.1 Å². The Hall–Kier alpha value is -2.37. The van der Waals surface area contributed by atoms with Gasteiger partial charge in [-0.2, -0.15) is 0 Å². The van der Waals surface area contributed by atoms with Gasteiger partial charge in [-0.05, 0) is 5.56 Å². The van der Waals surface area contributed by atoms with Crippen LogP contribution in [-0.4, -0.2) is 26.3 Å². The summed E-state index contributed by atoms with van der Waals surface area (Å²) < 4.78 is 0. The van der Waals surface area contributed by atoms with Crippen LogP contribution in [0.25, 0.3) is 11.4 Å². The molecule has 1 aromatic carbocycles. The maximum atomic E-state index is 10.8. The second kappa shape index (κ2) is 5.11. The van der Waals surface area contributed by atoms with Crippen molar-refractivity contribution in [3.8, 4) is 11.4 Å². The normalized spacial score (nSPS) is 9.94. The molecule has 6 nitrogen and oxygen atoms in total. The molecule has 0 radical (unpaired) electrons. The van der Waals surface area contributed by atoms with Crippen LogP contribution >= 0.6 is 0 Å². The average Bonchev–Trinajstić information content (AvgIpc) is 2.38. The zero-order valence-corrected chi connectivity index (χ0v) is 9.29. The summed E-state index contributed by atoms with van der Waals surface area (Å²) >= 11 is 0. The first-order valence-electron chi connectivity index (χ1n) is 5.10. The SMILES string of the molecule is CC(=O)NCc1ccc(-c2nncnn2)cc1. The maximum absolute atomic E-state index is 10.8. The highest BCUT2D eigenvalue weighted by Crippen LogP contribution is 2.13. The molecule has 6 heteroatoms. The zero-order chi connectivity index (χ0) is 12.1. The predicted octanol–water partition coefficient (Wildman–Crippen LogP) is 0.570. The van der Waals surface area contributed by atoms with Crippen LogP contribution in [0.15, 0.2) is 30.6 Å². The molecule has 0 bridgehead atoms. The van der Waals surface area contributed by atoms with E-state index >= 15 is 0 Å². The summed E-state index contributed by atoms with van der Waals surface area (Å²) in [5, 5.41) is 17.8. The number of aromatic nitrogens is 4. The van der Waals surface area contributed by atoms with Gasteiger partial charge in [0.15, 0.2) is 6.33 Å². The Labute approximate surface area is 98.1 Å². The van der Waals surface area contributed by atoms with E-state index in [2.05, 4.69) is 25.7 Å². The van der Waals surface area contributed by atoms with Crippen LogP contribution in [0.1, 0.15) is 12.5 Å². The fourth-order valence-electron chi connectivity index (χ4n) is 1.32. The van der Waals surface area contributed by atoms with E-state index in [-0.39, 0.29) is 5.91 Å². The summed E-state index contributed by atoms with van der Waals surface area (Å²) in [7, 11) is 0. The molecule has 0 spiro atoms. The molecule has 2 rings (SSSR count). The fourth-order valence-corrected chi connectivity index (χ4v) is 1.32. The van der Waals surface area contributed by atoms with E-state index in [1.807, 2.05) is 24.3 Å². The van der Waals surface area contributed by atoms with E-state index in [9.17, 15) is 4.79 Å². The molecule has 17 heavy (non-hydrogen) atoms. The third-order valence-corrected chi connectivity index (χ3v) is 2.16. The third-order valence-electron chi connectivity index (χ3n) is 2.16. The summed E-state index contributed by atoms with van der Waals surface area (Å²) in [5.74, 6) is 0.437. The smallest absolute Gasteiger partial charge is 0.217 e. The second-order valence-electron chi connectivity index (χ2n) is 3.48. The van der Waals surface area contributed by atoms with Gasteiger partial charge in [-0.25, -0.2) is 0 Å². The van der Waals surface area contributed by atoms with Crippen molar-refractivity contribution in [2.24, 2.45) is 0 Å². The van der Waals surface area contributed by atoms with Gasteiger partial charge in [0.1, 0.15) is 0 Å². The minimum Gasteiger partial charge on any atom is -0.352 e. The van der Waals surface area contributed by atoms with Gasteiger partial charge in [0.2, 0.25) is 11.7 Å². The van der Waals surface area contributed by atoms with Gasteiger partial charge in [0, 0.05) is 19.0 Å². The third kappa shape index (κ3) is 3.04. The lowest BCUT2D eigenvalue weighted by Crippen LogP contribution is -2.18. The van der Waals surface area contributed by atoms with Crippen molar-refractivity contribution in [1.29, 1.82) is 0 Å². The van der Waals surface area contributed by atoms with Gasteiger partial charge in [-0.3, -0.25) is 4.79 Å². The highest BCUT2D eigenvalue weighted by Gasteiger charge is 2.01. The molecule has 1 heterocycles. The number of nitrogens with zero attached hydrogens (tertiary/aromatic N) is 4. The van der Waals surface area contributed by atoms with Crippen LogP contribution in [0.2, 0.25) is 0 Å². The Morgan fingerprint density at radius 1 is 1.18 bits per heavy atom. The first-order valence-corrected chi connectivity index (χ1v) is 5.10. The lowest BCUT2D eigenvalue weighted by Gasteiger charge is -2.03. The van der Waals surface area contributed by atoms with Crippen molar-refractivity contribution in [1.82, 2.24) is 25.7 Å². The summed E-state index contributed by atoms with van der Waals surface area (Å²) in [6.45, 7) is 2.01. The first-order chi connectivity index (χ1) is 8.25. The van der Waals surface area contributed by atoms with Crippen molar-refractivity contribution in [3.05, 3.63) is 36.2 Å². The van der Waals surface area contributed by atoms with Crippen molar-refractivity contribution in [2.45, 2.75) is 13.5 Å². The van der Waals surface area contributed by atoms with Gasteiger partial charge < -0.3 is 5.32 Å². The number of benzene rings is 1. The summed E-state index contributed by atoms with van der Waals surface area (Å²) in [4.78, 5) is 10.8. The van der Waals surface area contributed by atoms with Crippen molar-refractivity contribution >= 4 is 5.91 Å². The molecule has 2 aromatic rings. The van der Waals surface area contributed by atoms with Crippen LogP contribution in [0.5, 0.6) is 0 Å². The number of rotatable bonds is 3. The first kappa shape index (κ1) is 11.1. The number of hydrogen-bond acceptors (Lipinski definition) is 5. The minimum atomic E-state index is -0.0473. The van der Waals surface area contributed by atoms with Gasteiger partial charge >= 0.3 is 0 Å². The maximum Gasteiger partial charge on any atom is 0.217 e. The van der Waals surface area contributed by atoms with Gasteiger partial charge in [-0.15, -0.1) is 20.4 Å². The monoisotopic (exact) mass is 229 g/mol. The zero-order valence-electron chi connectivity index (χ0n) is 9.29. The number of hydrogen-bond donors (Lipinski definition) is 1. The van der Waals surface area contributed by atoms with Crippen molar-refractivity contribution in [3.63, 3.8) is 0 Å². The molecule has 0 aliphatic heterocycles. The summed E-state index contributed by atoms with van der Waals surface area (Å²) in [5.41, 5.74) is 1.86. The van der Waals surface area contributed by atoms with E-state index in [1.165, 1.54) is 13.3 Å². The topological polar surface area (TPSA) is 80.7 Å². The molecular formula is C11H11N5O. The molecule has 1 amide bonds.